The molecule has 1 aromatic carbocycles. The lowest BCUT2D eigenvalue weighted by Crippen LogP contribution is -2.36. The van der Waals surface area contributed by atoms with E-state index in [0.717, 1.165) is 10.0 Å². The Kier molecular flexibility index (Phi) is 3.41. The van der Waals surface area contributed by atoms with Crippen LogP contribution in [0, 0.1) is 0 Å². The highest BCUT2D eigenvalue weighted by molar-refractivity contribution is 9.10. The van der Waals surface area contributed by atoms with Crippen molar-refractivity contribution in [1.29, 1.82) is 0 Å². The molecule has 1 saturated heterocycles. The van der Waals surface area contributed by atoms with Gasteiger partial charge in [0, 0.05) is 17.0 Å². The second-order valence-electron chi connectivity index (χ2n) is 5.29. The molecule has 2 amide bonds. The Morgan fingerprint density at radius 3 is 2.62 bits per heavy atom. The van der Waals surface area contributed by atoms with Gasteiger partial charge in [0.25, 0.3) is 0 Å². The zero-order chi connectivity index (χ0) is 15.0. The van der Waals surface area contributed by atoms with Crippen LogP contribution in [0.25, 0.3) is 0 Å². The number of benzene rings is 1. The number of rotatable bonds is 3. The van der Waals surface area contributed by atoms with Crippen LogP contribution >= 0.6 is 15.9 Å². The summed E-state index contributed by atoms with van der Waals surface area (Å²) in [4.78, 5) is 26.1. The molecule has 1 aliphatic heterocycles. The molecule has 6 heteroatoms. The quantitative estimate of drug-likeness (QED) is 0.800. The van der Waals surface area contributed by atoms with E-state index in [9.17, 15) is 9.59 Å². The smallest absolute Gasteiger partial charge is 0.240 e. The van der Waals surface area contributed by atoms with Crippen molar-refractivity contribution in [2.45, 2.75) is 25.3 Å². The predicted molar refractivity (Wildman–Crippen MR) is 78.2 cm³/mol. The predicted octanol–water partition coefficient (Wildman–Crippen LogP) is 2.65. The molecule has 0 spiro atoms. The monoisotopic (exact) mass is 348 g/mol. The Balaban J connectivity index is 1.90. The van der Waals surface area contributed by atoms with E-state index in [2.05, 4.69) is 21.1 Å². The molecule has 0 radical (unpaired) electrons. The fourth-order valence-electron chi connectivity index (χ4n) is 2.57. The zero-order valence-corrected chi connectivity index (χ0v) is 13.0. The van der Waals surface area contributed by atoms with Gasteiger partial charge in [0.2, 0.25) is 11.8 Å². The molecule has 1 aromatic heterocycles. The van der Waals surface area contributed by atoms with Crippen molar-refractivity contribution in [3.05, 3.63) is 52.3 Å². The summed E-state index contributed by atoms with van der Waals surface area (Å²) < 4.78 is 5.68. The maximum Gasteiger partial charge on any atom is 0.240 e. The van der Waals surface area contributed by atoms with Crippen LogP contribution in [0.3, 0.4) is 0 Å². The van der Waals surface area contributed by atoms with Crippen molar-refractivity contribution < 1.29 is 14.1 Å². The maximum atomic E-state index is 12.7. The van der Waals surface area contributed by atoms with Crippen LogP contribution in [0.2, 0.25) is 0 Å². The van der Waals surface area contributed by atoms with Crippen molar-refractivity contribution in [2.24, 2.45) is 0 Å². The van der Waals surface area contributed by atoms with Crippen LogP contribution in [0.4, 0.5) is 0 Å². The topological polar surface area (TPSA) is 63.4 Å². The van der Waals surface area contributed by atoms with Crippen molar-refractivity contribution in [1.82, 2.24) is 10.1 Å². The summed E-state index contributed by atoms with van der Waals surface area (Å²) in [6.45, 7) is 1.96. The van der Waals surface area contributed by atoms with Gasteiger partial charge in [0.05, 0.1) is 12.0 Å². The molecule has 2 aromatic rings. The summed E-state index contributed by atoms with van der Waals surface area (Å²) in [7, 11) is 0. The van der Waals surface area contributed by atoms with Gasteiger partial charge in [0.1, 0.15) is 12.0 Å². The number of carbonyl (C=O) groups excluding carboxylic acids is 2. The molecule has 3 rings (SSSR count). The van der Waals surface area contributed by atoms with Crippen molar-refractivity contribution in [2.75, 3.05) is 0 Å². The van der Waals surface area contributed by atoms with Gasteiger partial charge in [-0.15, -0.1) is 0 Å². The lowest BCUT2D eigenvalue weighted by molar-refractivity contribution is -0.140. The molecule has 108 valence electrons. The van der Waals surface area contributed by atoms with Gasteiger partial charge in [-0.3, -0.25) is 14.5 Å². The number of hydrogen-bond acceptors (Lipinski definition) is 4. The first-order chi connectivity index (χ1) is 10.0. The minimum Gasteiger partial charge on any atom is -0.364 e. The molecule has 5 nitrogen and oxygen atoms in total. The number of aromatic nitrogens is 1. The Hall–Kier alpha value is -1.95. The molecule has 1 fully saturated rings. The maximum absolute atomic E-state index is 12.7. The number of nitrogens with zero attached hydrogens (tertiary/aromatic N) is 2. The molecule has 21 heavy (non-hydrogen) atoms. The van der Waals surface area contributed by atoms with Crippen LogP contribution in [0.1, 0.15) is 24.6 Å². The van der Waals surface area contributed by atoms with Crippen LogP contribution in [0.15, 0.2) is 45.6 Å². The zero-order valence-electron chi connectivity index (χ0n) is 11.4. The number of hydrogen-bond donors (Lipinski definition) is 0. The summed E-state index contributed by atoms with van der Waals surface area (Å²) in [5.41, 5.74) is 0.588. The van der Waals surface area contributed by atoms with Crippen molar-refractivity contribution in [3.63, 3.8) is 0 Å². The highest BCUT2D eigenvalue weighted by atomic mass is 79.9. The van der Waals surface area contributed by atoms with Crippen LogP contribution < -0.4 is 0 Å². The molecule has 0 unspecified atom stereocenters. The third-order valence-corrected chi connectivity index (χ3v) is 4.34. The van der Waals surface area contributed by atoms with E-state index in [1.165, 1.54) is 11.2 Å². The van der Waals surface area contributed by atoms with Crippen LogP contribution in [-0.4, -0.2) is 21.9 Å². The van der Waals surface area contributed by atoms with Gasteiger partial charge >= 0.3 is 0 Å². The summed E-state index contributed by atoms with van der Waals surface area (Å²) in [6, 6.07) is 9.14. The van der Waals surface area contributed by atoms with Gasteiger partial charge in [-0.2, -0.15) is 0 Å². The molecule has 2 heterocycles. The average molecular weight is 349 g/mol. The third-order valence-electron chi connectivity index (χ3n) is 3.82. The van der Waals surface area contributed by atoms with Gasteiger partial charge in [0.15, 0.2) is 0 Å². The molecule has 0 bridgehead atoms. The number of imide groups is 1. The standard InChI is InChI=1S/C15H13BrN2O3/c1-15(10-2-4-11(16)5-3-10)8-13(19)18(14(15)20)9-12-6-7-21-17-12/h2-7H,8-9H2,1H3/t15-/m0/s1. The number of halogens is 1. The first-order valence-corrected chi connectivity index (χ1v) is 7.30. The van der Waals surface area contributed by atoms with Crippen molar-refractivity contribution >= 4 is 27.7 Å². The van der Waals surface area contributed by atoms with E-state index < -0.39 is 5.41 Å². The highest BCUT2D eigenvalue weighted by Crippen LogP contribution is 2.37. The second-order valence-corrected chi connectivity index (χ2v) is 6.21. The number of carbonyl (C=O) groups is 2. The first-order valence-electron chi connectivity index (χ1n) is 6.51. The van der Waals surface area contributed by atoms with E-state index in [1.54, 1.807) is 13.0 Å². The van der Waals surface area contributed by atoms with E-state index in [-0.39, 0.29) is 24.8 Å². The van der Waals surface area contributed by atoms with E-state index >= 15 is 0 Å². The Morgan fingerprint density at radius 1 is 1.29 bits per heavy atom. The van der Waals surface area contributed by atoms with E-state index in [1.807, 2.05) is 24.3 Å². The minimum atomic E-state index is -0.818. The summed E-state index contributed by atoms with van der Waals surface area (Å²) >= 11 is 3.37. The largest absolute Gasteiger partial charge is 0.364 e. The lowest BCUT2D eigenvalue weighted by atomic mass is 9.81. The molecule has 0 N–H and O–H groups in total. The molecule has 1 aliphatic rings. The third kappa shape index (κ3) is 2.40. The summed E-state index contributed by atoms with van der Waals surface area (Å²) in [5, 5.41) is 3.75. The molecular weight excluding hydrogens is 336 g/mol. The Bertz CT molecular complexity index is 681. The van der Waals surface area contributed by atoms with Crippen molar-refractivity contribution in [3.8, 4) is 0 Å². The normalized spacial score (nSPS) is 22.1. The fourth-order valence-corrected chi connectivity index (χ4v) is 2.83. The first kappa shape index (κ1) is 14.0. The highest BCUT2D eigenvalue weighted by Gasteiger charge is 2.49. The fraction of sp³-hybridized carbons (Fsp3) is 0.267. The average Bonchev–Trinajstić information content (AvgIpc) is 3.03. The number of likely N-dealkylation sites (tertiary alicyclic amines) is 1. The van der Waals surface area contributed by atoms with Crippen LogP contribution in [-0.2, 0) is 21.5 Å². The SMILES string of the molecule is C[C@@]1(c2ccc(Br)cc2)CC(=O)N(Cc2ccon2)C1=O. The van der Waals surface area contributed by atoms with Gasteiger partial charge in [-0.1, -0.05) is 33.2 Å². The number of amides is 2. The second kappa shape index (κ2) is 5.11. The summed E-state index contributed by atoms with van der Waals surface area (Å²) in [6.07, 6.45) is 1.60. The molecule has 1 atom stereocenters. The van der Waals surface area contributed by atoms with Gasteiger partial charge in [-0.25, -0.2) is 0 Å². The van der Waals surface area contributed by atoms with E-state index in [0.29, 0.717) is 5.69 Å². The summed E-state index contributed by atoms with van der Waals surface area (Å²) in [5.74, 6) is -0.383. The lowest BCUT2D eigenvalue weighted by Gasteiger charge is -2.22. The van der Waals surface area contributed by atoms with Gasteiger partial charge in [-0.05, 0) is 24.6 Å². The minimum absolute atomic E-state index is 0.153. The van der Waals surface area contributed by atoms with Gasteiger partial charge < -0.3 is 4.52 Å². The molecule has 0 saturated carbocycles. The Labute approximate surface area is 130 Å². The molecule has 0 aliphatic carbocycles. The van der Waals surface area contributed by atoms with Crippen LogP contribution in [0.5, 0.6) is 0 Å². The van der Waals surface area contributed by atoms with E-state index in [4.69, 9.17) is 4.52 Å². The molecular formula is C15H13BrN2O3. The Morgan fingerprint density at radius 2 is 2.00 bits per heavy atom.